The van der Waals surface area contributed by atoms with Crippen LogP contribution < -0.4 is 0 Å². The number of amides is 1. The summed E-state index contributed by atoms with van der Waals surface area (Å²) in [6.45, 7) is 7.81. The zero-order chi connectivity index (χ0) is 16.3. The highest BCUT2D eigenvalue weighted by Crippen LogP contribution is 2.18. The fourth-order valence-electron chi connectivity index (χ4n) is 2.10. The van der Waals surface area contributed by atoms with Gasteiger partial charge in [-0.15, -0.1) is 6.42 Å². The SMILES string of the molecule is C#CC1CN(C(=O)OC(C)(C)C)CCN1S(=O)(=O)CCC. The number of rotatable bonds is 3. The van der Waals surface area contributed by atoms with Crippen LogP contribution in [-0.2, 0) is 14.8 Å². The normalized spacial score (nSPS) is 20.9. The van der Waals surface area contributed by atoms with Crippen molar-refractivity contribution in [1.29, 1.82) is 0 Å². The van der Waals surface area contributed by atoms with Crippen molar-refractivity contribution in [1.82, 2.24) is 9.21 Å². The van der Waals surface area contributed by atoms with E-state index in [2.05, 4.69) is 5.92 Å². The molecule has 1 aliphatic rings. The molecule has 0 saturated carbocycles. The topological polar surface area (TPSA) is 66.9 Å². The Morgan fingerprint density at radius 3 is 2.48 bits per heavy atom. The monoisotopic (exact) mass is 316 g/mol. The number of nitrogens with zero attached hydrogens (tertiary/aromatic N) is 2. The Labute approximate surface area is 127 Å². The molecular weight excluding hydrogens is 292 g/mol. The first-order chi connectivity index (χ1) is 9.60. The Balaban J connectivity index is 2.79. The van der Waals surface area contributed by atoms with Crippen LogP contribution in [-0.4, -0.2) is 60.7 Å². The van der Waals surface area contributed by atoms with Gasteiger partial charge >= 0.3 is 6.09 Å². The molecule has 0 aromatic carbocycles. The lowest BCUT2D eigenvalue weighted by molar-refractivity contribution is 0.0163. The second-order valence-corrected chi connectivity index (χ2v) is 8.08. The number of sulfonamides is 1. The van der Waals surface area contributed by atoms with Crippen molar-refractivity contribution in [2.24, 2.45) is 0 Å². The van der Waals surface area contributed by atoms with Crippen molar-refractivity contribution in [3.63, 3.8) is 0 Å². The van der Waals surface area contributed by atoms with Gasteiger partial charge in [-0.25, -0.2) is 13.2 Å². The summed E-state index contributed by atoms with van der Waals surface area (Å²) in [6, 6.07) is -0.636. The molecule has 120 valence electrons. The molecule has 1 amide bonds. The van der Waals surface area contributed by atoms with Crippen molar-refractivity contribution in [2.75, 3.05) is 25.4 Å². The summed E-state index contributed by atoms with van der Waals surface area (Å²) >= 11 is 0. The molecule has 0 radical (unpaired) electrons. The molecule has 0 bridgehead atoms. The third kappa shape index (κ3) is 4.90. The van der Waals surface area contributed by atoms with E-state index in [1.165, 1.54) is 9.21 Å². The van der Waals surface area contributed by atoms with Crippen LogP contribution in [0.15, 0.2) is 0 Å². The van der Waals surface area contributed by atoms with Gasteiger partial charge in [0.2, 0.25) is 10.0 Å². The van der Waals surface area contributed by atoms with E-state index < -0.39 is 27.8 Å². The van der Waals surface area contributed by atoms with E-state index in [9.17, 15) is 13.2 Å². The van der Waals surface area contributed by atoms with E-state index in [-0.39, 0.29) is 25.4 Å². The van der Waals surface area contributed by atoms with Crippen LogP contribution in [0.1, 0.15) is 34.1 Å². The van der Waals surface area contributed by atoms with Crippen LogP contribution in [0.5, 0.6) is 0 Å². The summed E-state index contributed by atoms with van der Waals surface area (Å²) in [5, 5.41) is 0. The number of piperazine rings is 1. The van der Waals surface area contributed by atoms with Crippen LogP contribution in [0, 0.1) is 12.3 Å². The number of terminal acetylenes is 1. The number of ether oxygens (including phenoxy) is 1. The largest absolute Gasteiger partial charge is 0.444 e. The minimum Gasteiger partial charge on any atom is -0.444 e. The van der Waals surface area contributed by atoms with Crippen molar-refractivity contribution in [3.8, 4) is 12.3 Å². The lowest BCUT2D eigenvalue weighted by Crippen LogP contribution is -2.57. The highest BCUT2D eigenvalue weighted by molar-refractivity contribution is 7.89. The third-order valence-electron chi connectivity index (χ3n) is 2.99. The van der Waals surface area contributed by atoms with Crippen LogP contribution in [0.4, 0.5) is 4.79 Å². The molecule has 1 heterocycles. The maximum Gasteiger partial charge on any atom is 0.410 e. The van der Waals surface area contributed by atoms with Gasteiger partial charge in [-0.3, -0.25) is 0 Å². The number of hydrogen-bond acceptors (Lipinski definition) is 4. The van der Waals surface area contributed by atoms with Gasteiger partial charge in [0.1, 0.15) is 11.6 Å². The number of carbonyl (C=O) groups is 1. The fourth-order valence-corrected chi connectivity index (χ4v) is 3.73. The van der Waals surface area contributed by atoms with Crippen LogP contribution in [0.2, 0.25) is 0 Å². The highest BCUT2D eigenvalue weighted by atomic mass is 32.2. The zero-order valence-corrected chi connectivity index (χ0v) is 13.9. The lowest BCUT2D eigenvalue weighted by atomic mass is 10.2. The molecule has 0 spiro atoms. The van der Waals surface area contributed by atoms with Gasteiger partial charge in [0.15, 0.2) is 0 Å². The van der Waals surface area contributed by atoms with Crippen molar-refractivity contribution < 1.29 is 17.9 Å². The van der Waals surface area contributed by atoms with E-state index in [0.29, 0.717) is 6.42 Å². The molecule has 0 aliphatic carbocycles. The molecular formula is C14H24N2O4S. The second kappa shape index (κ2) is 6.67. The minimum absolute atomic E-state index is 0.0671. The Morgan fingerprint density at radius 2 is 2.00 bits per heavy atom. The first kappa shape index (κ1) is 17.8. The molecule has 1 atom stereocenters. The summed E-state index contributed by atoms with van der Waals surface area (Å²) in [5.41, 5.74) is -0.589. The predicted octanol–water partition coefficient (Wildman–Crippen LogP) is 1.28. The Kier molecular flexibility index (Phi) is 5.65. The zero-order valence-electron chi connectivity index (χ0n) is 13.1. The first-order valence-corrected chi connectivity index (χ1v) is 8.65. The van der Waals surface area contributed by atoms with Gasteiger partial charge in [-0.05, 0) is 27.2 Å². The first-order valence-electron chi connectivity index (χ1n) is 7.04. The Hall–Kier alpha value is -1.26. The molecule has 1 saturated heterocycles. The van der Waals surface area contributed by atoms with Crippen LogP contribution in [0.25, 0.3) is 0 Å². The molecule has 0 aromatic heterocycles. The number of carbonyl (C=O) groups excluding carboxylic acids is 1. The summed E-state index contributed by atoms with van der Waals surface area (Å²) in [5.74, 6) is 2.53. The second-order valence-electron chi connectivity index (χ2n) is 6.04. The van der Waals surface area contributed by atoms with Gasteiger partial charge in [0, 0.05) is 13.1 Å². The molecule has 7 heteroatoms. The summed E-state index contributed by atoms with van der Waals surface area (Å²) in [4.78, 5) is 13.5. The standard InChI is InChI=1S/C14H24N2O4S/c1-6-10-21(18,19)16-9-8-15(11-12(16)7-2)13(17)20-14(3,4)5/h2,12H,6,8-11H2,1,3-5H3. The molecule has 1 fully saturated rings. The van der Waals surface area contributed by atoms with E-state index >= 15 is 0 Å². The van der Waals surface area contributed by atoms with Gasteiger partial charge < -0.3 is 9.64 Å². The summed E-state index contributed by atoms with van der Waals surface area (Å²) < 4.78 is 30.9. The molecule has 1 rings (SSSR count). The van der Waals surface area contributed by atoms with E-state index in [1.54, 1.807) is 27.7 Å². The van der Waals surface area contributed by atoms with Crippen LogP contribution >= 0.6 is 0 Å². The Morgan fingerprint density at radius 1 is 1.38 bits per heavy atom. The highest BCUT2D eigenvalue weighted by Gasteiger charge is 2.36. The molecule has 1 unspecified atom stereocenters. The Bertz CT molecular complexity index is 516. The fraction of sp³-hybridized carbons (Fsp3) is 0.786. The van der Waals surface area contributed by atoms with Crippen molar-refractivity contribution >= 4 is 16.1 Å². The molecule has 0 aromatic rings. The van der Waals surface area contributed by atoms with Crippen molar-refractivity contribution in [2.45, 2.75) is 45.8 Å². The quantitative estimate of drug-likeness (QED) is 0.736. The van der Waals surface area contributed by atoms with Gasteiger partial charge in [-0.1, -0.05) is 12.8 Å². The lowest BCUT2D eigenvalue weighted by Gasteiger charge is -2.38. The maximum absolute atomic E-state index is 12.2. The van der Waals surface area contributed by atoms with Crippen molar-refractivity contribution in [3.05, 3.63) is 0 Å². The van der Waals surface area contributed by atoms with Gasteiger partial charge in [-0.2, -0.15) is 4.31 Å². The average molecular weight is 316 g/mol. The predicted molar refractivity (Wildman–Crippen MR) is 81.2 cm³/mol. The van der Waals surface area contributed by atoms with E-state index in [1.807, 2.05) is 0 Å². The summed E-state index contributed by atoms with van der Waals surface area (Å²) in [7, 11) is -3.37. The average Bonchev–Trinajstić information content (AvgIpc) is 2.35. The summed E-state index contributed by atoms with van der Waals surface area (Å²) in [6.07, 6.45) is 5.51. The third-order valence-corrected chi connectivity index (χ3v) is 5.07. The van der Waals surface area contributed by atoms with Gasteiger partial charge in [0.05, 0.1) is 12.3 Å². The maximum atomic E-state index is 12.2. The smallest absolute Gasteiger partial charge is 0.410 e. The van der Waals surface area contributed by atoms with E-state index in [4.69, 9.17) is 11.2 Å². The molecule has 21 heavy (non-hydrogen) atoms. The molecule has 6 nitrogen and oxygen atoms in total. The van der Waals surface area contributed by atoms with Crippen LogP contribution in [0.3, 0.4) is 0 Å². The van der Waals surface area contributed by atoms with E-state index in [0.717, 1.165) is 0 Å². The molecule has 1 aliphatic heterocycles. The minimum atomic E-state index is -3.37. The number of hydrogen-bond donors (Lipinski definition) is 0. The van der Waals surface area contributed by atoms with Gasteiger partial charge in [0.25, 0.3) is 0 Å². The molecule has 0 N–H and O–H groups in total.